The van der Waals surface area contributed by atoms with Gasteiger partial charge < -0.3 is 39.6 Å². The second-order valence-electron chi connectivity index (χ2n) is 11.6. The Morgan fingerprint density at radius 2 is 0.857 bits per heavy atom. The van der Waals surface area contributed by atoms with Crippen LogP contribution in [0.3, 0.4) is 0 Å². The van der Waals surface area contributed by atoms with Gasteiger partial charge in [0.05, 0.1) is 14.2 Å². The number of methoxy groups -OCH3 is 2. The number of ether oxygens (including phenoxy) is 2. The number of carbonyl (C=O) groups excluding carboxylic acids is 4. The third-order valence-electron chi connectivity index (χ3n) is 6.96. The Balaban J connectivity index is 2.18. The minimum Gasteiger partial charge on any atom is -0.467 e. The maximum Gasteiger partial charge on any atom is 0.318 e. The largest absolute Gasteiger partial charge is 0.467 e. The number of oxazole rings is 2. The van der Waals surface area contributed by atoms with E-state index < -0.39 is 47.8 Å². The third-order valence-corrected chi connectivity index (χ3v) is 6.96. The van der Waals surface area contributed by atoms with Crippen LogP contribution in [0.25, 0.3) is 0 Å². The van der Waals surface area contributed by atoms with Gasteiger partial charge in [0.2, 0.25) is 35.0 Å². The van der Waals surface area contributed by atoms with E-state index in [4.69, 9.17) is 18.3 Å². The molecule has 0 aliphatic carbocycles. The van der Waals surface area contributed by atoms with Crippen molar-refractivity contribution in [2.24, 2.45) is 23.7 Å². The molecule has 0 unspecified atom stereocenters. The smallest absolute Gasteiger partial charge is 0.318 e. The number of hydrogen-bond donors (Lipinski definition) is 4. The number of carbonyl (C=O) groups is 4. The SMILES string of the molecule is COc1oc2nc1C(=O)N[C@@H](C(C)C)C(=O)N[C@@H](C(C)C)c1nc(c(OC)o1)C(=O)N[C@@H](C(C)C)C(=O)N[C@H]2C(C)C. The summed E-state index contributed by atoms with van der Waals surface area (Å²) in [4.78, 5) is 62.6. The van der Waals surface area contributed by atoms with Gasteiger partial charge in [0, 0.05) is 0 Å². The highest BCUT2D eigenvalue weighted by atomic mass is 16.6. The first-order valence-corrected chi connectivity index (χ1v) is 14.0. The zero-order chi connectivity index (χ0) is 31.5. The van der Waals surface area contributed by atoms with Gasteiger partial charge in [-0.1, -0.05) is 55.4 Å². The lowest BCUT2D eigenvalue weighted by molar-refractivity contribution is -0.126. The van der Waals surface area contributed by atoms with Crippen LogP contribution in [0.5, 0.6) is 11.9 Å². The van der Waals surface area contributed by atoms with Crippen LogP contribution < -0.4 is 30.7 Å². The molecule has 3 heterocycles. The molecule has 14 nitrogen and oxygen atoms in total. The first-order chi connectivity index (χ1) is 19.7. The van der Waals surface area contributed by atoms with E-state index in [1.165, 1.54) is 14.2 Å². The summed E-state index contributed by atoms with van der Waals surface area (Å²) in [6.45, 7) is 14.4. The van der Waals surface area contributed by atoms with Crippen molar-refractivity contribution in [2.75, 3.05) is 14.2 Å². The Labute approximate surface area is 245 Å². The van der Waals surface area contributed by atoms with Gasteiger partial charge in [-0.05, 0) is 23.7 Å². The molecule has 232 valence electrons. The van der Waals surface area contributed by atoms with Crippen LogP contribution in [-0.2, 0) is 9.59 Å². The first-order valence-electron chi connectivity index (χ1n) is 14.0. The molecule has 4 N–H and O–H groups in total. The van der Waals surface area contributed by atoms with E-state index in [1.54, 1.807) is 27.7 Å². The van der Waals surface area contributed by atoms with Gasteiger partial charge in [-0.3, -0.25) is 19.2 Å². The average molecular weight is 591 g/mol. The lowest BCUT2D eigenvalue weighted by Gasteiger charge is -2.26. The van der Waals surface area contributed by atoms with Crippen LogP contribution in [0, 0.1) is 23.7 Å². The molecule has 0 spiro atoms. The number of aromatic nitrogens is 2. The zero-order valence-electron chi connectivity index (χ0n) is 25.8. The predicted molar refractivity (Wildman–Crippen MR) is 150 cm³/mol. The van der Waals surface area contributed by atoms with Crippen molar-refractivity contribution in [3.05, 3.63) is 23.2 Å². The van der Waals surface area contributed by atoms with Gasteiger partial charge in [0.15, 0.2) is 0 Å². The molecule has 3 rings (SSSR count). The van der Waals surface area contributed by atoms with Crippen molar-refractivity contribution in [3.63, 3.8) is 0 Å². The van der Waals surface area contributed by atoms with Crippen molar-refractivity contribution in [1.82, 2.24) is 31.2 Å². The molecule has 42 heavy (non-hydrogen) atoms. The summed E-state index contributed by atoms with van der Waals surface area (Å²) >= 11 is 0. The van der Waals surface area contributed by atoms with E-state index in [-0.39, 0.29) is 58.7 Å². The fourth-order valence-electron chi connectivity index (χ4n) is 4.48. The van der Waals surface area contributed by atoms with Gasteiger partial charge >= 0.3 is 11.9 Å². The van der Waals surface area contributed by atoms with E-state index in [0.29, 0.717) is 0 Å². The maximum absolute atomic E-state index is 13.5. The molecule has 14 heteroatoms. The van der Waals surface area contributed by atoms with Crippen molar-refractivity contribution in [2.45, 2.75) is 79.6 Å². The maximum atomic E-state index is 13.5. The monoisotopic (exact) mass is 590 g/mol. The summed E-state index contributed by atoms with van der Waals surface area (Å²) in [7, 11) is 2.64. The van der Waals surface area contributed by atoms with Gasteiger partial charge in [-0.25, -0.2) is 9.97 Å². The zero-order valence-corrected chi connectivity index (χ0v) is 25.8. The predicted octanol–water partition coefficient (Wildman–Crippen LogP) is 2.53. The number of rotatable bonds is 6. The molecule has 1 aliphatic heterocycles. The quantitative estimate of drug-likeness (QED) is 0.389. The summed E-state index contributed by atoms with van der Waals surface area (Å²) in [5.74, 6) is -3.81. The second kappa shape index (κ2) is 13.3. The van der Waals surface area contributed by atoms with E-state index >= 15 is 0 Å². The van der Waals surface area contributed by atoms with E-state index in [1.807, 2.05) is 27.7 Å². The van der Waals surface area contributed by atoms with E-state index in [9.17, 15) is 19.2 Å². The van der Waals surface area contributed by atoms with Crippen molar-refractivity contribution < 1.29 is 37.5 Å². The van der Waals surface area contributed by atoms with Gasteiger partial charge in [-0.15, -0.1) is 0 Å². The van der Waals surface area contributed by atoms with Gasteiger partial charge in [-0.2, -0.15) is 0 Å². The molecule has 0 saturated heterocycles. The number of hydrogen-bond acceptors (Lipinski definition) is 10. The Hall–Kier alpha value is -4.10. The lowest BCUT2D eigenvalue weighted by atomic mass is 9.99. The van der Waals surface area contributed by atoms with Crippen LogP contribution in [0.1, 0.15) is 100 Å². The molecule has 4 atom stereocenters. The summed E-state index contributed by atoms with van der Waals surface area (Å²) in [6, 6.07) is -3.55. The minimum atomic E-state index is -0.991. The van der Waals surface area contributed by atoms with Gasteiger partial charge in [0.1, 0.15) is 24.2 Å². The van der Waals surface area contributed by atoms with Crippen LogP contribution in [0.2, 0.25) is 0 Å². The third kappa shape index (κ3) is 6.85. The lowest BCUT2D eigenvalue weighted by Crippen LogP contribution is -2.51. The van der Waals surface area contributed by atoms with Crippen LogP contribution in [-0.4, -0.2) is 59.9 Å². The first kappa shape index (κ1) is 32.4. The minimum absolute atomic E-state index is 0.0310. The van der Waals surface area contributed by atoms with Crippen LogP contribution >= 0.6 is 0 Å². The second-order valence-corrected chi connectivity index (χ2v) is 11.6. The molecule has 4 bridgehead atoms. The molecule has 0 fully saturated rings. The van der Waals surface area contributed by atoms with Crippen molar-refractivity contribution >= 4 is 23.6 Å². The molecular weight excluding hydrogens is 548 g/mol. The fourth-order valence-corrected chi connectivity index (χ4v) is 4.48. The Bertz CT molecular complexity index is 1200. The van der Waals surface area contributed by atoms with Gasteiger partial charge in [0.25, 0.3) is 11.8 Å². The number of fused-ring (bicyclic) bond motifs is 4. The number of amides is 4. The van der Waals surface area contributed by atoms with E-state index in [0.717, 1.165) is 0 Å². The Morgan fingerprint density at radius 1 is 0.548 bits per heavy atom. The fraction of sp³-hybridized carbons (Fsp3) is 0.643. The van der Waals surface area contributed by atoms with Crippen molar-refractivity contribution in [1.29, 1.82) is 0 Å². The average Bonchev–Trinajstić information content (AvgIpc) is 3.54. The molecule has 2 aromatic heterocycles. The molecular formula is C28H42N6O8. The number of nitrogens with zero attached hydrogens (tertiary/aromatic N) is 2. The highest BCUT2D eigenvalue weighted by molar-refractivity contribution is 5.99. The highest BCUT2D eigenvalue weighted by Gasteiger charge is 2.37. The normalized spacial score (nSPS) is 22.4. The van der Waals surface area contributed by atoms with E-state index in [2.05, 4.69) is 31.2 Å². The molecule has 4 amide bonds. The van der Waals surface area contributed by atoms with Crippen molar-refractivity contribution in [3.8, 4) is 11.9 Å². The molecule has 1 aliphatic rings. The highest BCUT2D eigenvalue weighted by Crippen LogP contribution is 2.30. The molecule has 0 radical (unpaired) electrons. The Kier molecular flexibility index (Phi) is 10.2. The summed E-state index contributed by atoms with van der Waals surface area (Å²) in [6.07, 6.45) is 0. The molecule has 0 aromatic carbocycles. The summed E-state index contributed by atoms with van der Waals surface area (Å²) in [5, 5.41) is 11.2. The van der Waals surface area contributed by atoms with Crippen LogP contribution in [0.15, 0.2) is 8.83 Å². The molecule has 0 saturated carbocycles. The molecule has 2 aromatic rings. The summed E-state index contributed by atoms with van der Waals surface area (Å²) in [5.41, 5.74) is -0.355. The summed E-state index contributed by atoms with van der Waals surface area (Å²) < 4.78 is 22.1. The standard InChI is InChI=1S/C28H42N6O8/c1-11(2)15-21(35)31-17(13(5)6)25-34-20(28(40-10)41-25)24(38)30-16(12(3)4)22(36)32-18(14(7)8)26-33-19(23(37)29-15)27(39-9)42-26/h11-18H,1-10H3,(H,29,37)(H,30,38)(H,31,35)(H,32,36)/t15-,16-,17-,18-/m0/s1. The Morgan fingerprint density at radius 3 is 1.12 bits per heavy atom. The number of nitrogens with one attached hydrogen (secondary N) is 4. The topological polar surface area (TPSA) is 187 Å². The van der Waals surface area contributed by atoms with Crippen LogP contribution in [0.4, 0.5) is 0 Å².